The molecule has 1 N–H and O–H groups in total. The van der Waals surface area contributed by atoms with Gasteiger partial charge in [-0.15, -0.1) is 0 Å². The number of hydrogen-bond donors (Lipinski definition) is 1. The number of nitrogens with zero attached hydrogens (tertiary/aromatic N) is 1. The van der Waals surface area contributed by atoms with Gasteiger partial charge in [0.25, 0.3) is 5.91 Å². The molecule has 6 heteroatoms. The van der Waals surface area contributed by atoms with Crippen molar-refractivity contribution in [3.63, 3.8) is 0 Å². The molecule has 1 saturated carbocycles. The lowest BCUT2D eigenvalue weighted by Crippen LogP contribution is -2.45. The number of nitrogens with one attached hydrogen (secondary N) is 1. The highest BCUT2D eigenvalue weighted by Gasteiger charge is 2.33. The van der Waals surface area contributed by atoms with E-state index in [1.165, 1.54) is 19.4 Å². The number of ether oxygens (including phenoxy) is 1. The lowest BCUT2D eigenvalue weighted by atomic mass is 9.84. The van der Waals surface area contributed by atoms with Crippen LogP contribution in [0.25, 0.3) is 0 Å². The van der Waals surface area contributed by atoms with Gasteiger partial charge in [0.05, 0.1) is 24.8 Å². The minimum absolute atomic E-state index is 0.0609. The van der Waals surface area contributed by atoms with Gasteiger partial charge in [-0.3, -0.25) is 14.6 Å². The molecule has 2 atom stereocenters. The SMILES string of the molecule is COC(=O)C1CCCCC1NC(=O)c1ccncc1F. The molecule has 0 spiro atoms. The van der Waals surface area contributed by atoms with E-state index in [2.05, 4.69) is 10.3 Å². The summed E-state index contributed by atoms with van der Waals surface area (Å²) in [5, 5.41) is 2.73. The van der Waals surface area contributed by atoms with E-state index in [4.69, 9.17) is 4.74 Å². The number of aromatic nitrogens is 1. The van der Waals surface area contributed by atoms with Gasteiger partial charge in [-0.1, -0.05) is 12.8 Å². The third-order valence-electron chi connectivity index (χ3n) is 3.60. The van der Waals surface area contributed by atoms with Gasteiger partial charge in [-0.05, 0) is 18.9 Å². The number of carbonyl (C=O) groups is 2. The smallest absolute Gasteiger partial charge is 0.310 e. The molecule has 1 aliphatic carbocycles. The zero-order valence-corrected chi connectivity index (χ0v) is 11.3. The lowest BCUT2D eigenvalue weighted by molar-refractivity contribution is -0.147. The molecule has 1 aromatic heterocycles. The molecule has 0 aliphatic heterocycles. The Kier molecular flexibility index (Phi) is 4.65. The van der Waals surface area contributed by atoms with Crippen molar-refractivity contribution in [2.24, 2.45) is 5.92 Å². The monoisotopic (exact) mass is 280 g/mol. The van der Waals surface area contributed by atoms with Crippen LogP contribution in [0.4, 0.5) is 4.39 Å². The van der Waals surface area contributed by atoms with Crippen LogP contribution >= 0.6 is 0 Å². The van der Waals surface area contributed by atoms with Gasteiger partial charge in [-0.25, -0.2) is 4.39 Å². The topological polar surface area (TPSA) is 68.3 Å². The summed E-state index contributed by atoms with van der Waals surface area (Å²) in [7, 11) is 1.33. The van der Waals surface area contributed by atoms with Gasteiger partial charge in [-0.2, -0.15) is 0 Å². The van der Waals surface area contributed by atoms with Crippen LogP contribution in [0.15, 0.2) is 18.5 Å². The highest BCUT2D eigenvalue weighted by molar-refractivity contribution is 5.94. The number of pyridine rings is 1. The molecular formula is C14H17FN2O3. The summed E-state index contributed by atoms with van der Waals surface area (Å²) in [4.78, 5) is 27.4. The quantitative estimate of drug-likeness (QED) is 0.855. The fraction of sp³-hybridized carbons (Fsp3) is 0.500. The normalized spacial score (nSPS) is 22.1. The fourth-order valence-corrected chi connectivity index (χ4v) is 2.54. The number of methoxy groups -OCH3 is 1. The maximum absolute atomic E-state index is 13.5. The first-order valence-electron chi connectivity index (χ1n) is 6.61. The minimum atomic E-state index is -0.671. The van der Waals surface area contributed by atoms with E-state index in [9.17, 15) is 14.0 Å². The zero-order chi connectivity index (χ0) is 14.5. The second-order valence-electron chi connectivity index (χ2n) is 4.85. The van der Waals surface area contributed by atoms with Crippen LogP contribution in [0.1, 0.15) is 36.0 Å². The third kappa shape index (κ3) is 3.12. The molecule has 0 radical (unpaired) electrons. The van der Waals surface area contributed by atoms with E-state index in [-0.39, 0.29) is 23.5 Å². The van der Waals surface area contributed by atoms with E-state index >= 15 is 0 Å². The summed E-state index contributed by atoms with van der Waals surface area (Å²) in [6.07, 6.45) is 5.58. The molecular weight excluding hydrogens is 263 g/mol. The molecule has 1 aliphatic rings. The summed E-state index contributed by atoms with van der Waals surface area (Å²) in [6.45, 7) is 0. The second-order valence-corrected chi connectivity index (χ2v) is 4.85. The summed E-state index contributed by atoms with van der Waals surface area (Å²) in [5.74, 6) is -1.88. The second kappa shape index (κ2) is 6.45. The number of esters is 1. The van der Waals surface area contributed by atoms with E-state index in [1.54, 1.807) is 0 Å². The van der Waals surface area contributed by atoms with E-state index in [0.717, 1.165) is 19.0 Å². The van der Waals surface area contributed by atoms with Crippen LogP contribution in [-0.2, 0) is 9.53 Å². The molecule has 0 bridgehead atoms. The number of rotatable bonds is 3. The Hall–Kier alpha value is -1.98. The van der Waals surface area contributed by atoms with Crippen molar-refractivity contribution in [1.82, 2.24) is 10.3 Å². The number of carbonyl (C=O) groups excluding carboxylic acids is 2. The number of amides is 1. The van der Waals surface area contributed by atoms with Crippen molar-refractivity contribution in [1.29, 1.82) is 0 Å². The van der Waals surface area contributed by atoms with Crippen LogP contribution in [-0.4, -0.2) is 30.0 Å². The Morgan fingerprint density at radius 1 is 1.40 bits per heavy atom. The predicted octanol–water partition coefficient (Wildman–Crippen LogP) is 1.68. The summed E-state index contributed by atoms with van der Waals surface area (Å²) in [5.41, 5.74) is -0.0609. The summed E-state index contributed by atoms with van der Waals surface area (Å²) < 4.78 is 18.3. The molecule has 20 heavy (non-hydrogen) atoms. The van der Waals surface area contributed by atoms with Crippen molar-refractivity contribution in [3.05, 3.63) is 29.8 Å². The molecule has 0 aromatic carbocycles. The van der Waals surface area contributed by atoms with Gasteiger partial charge < -0.3 is 10.1 Å². The number of hydrogen-bond acceptors (Lipinski definition) is 4. The highest BCUT2D eigenvalue weighted by Crippen LogP contribution is 2.25. The first-order chi connectivity index (χ1) is 9.63. The lowest BCUT2D eigenvalue weighted by Gasteiger charge is -2.30. The molecule has 2 rings (SSSR count). The van der Waals surface area contributed by atoms with E-state index in [0.29, 0.717) is 12.8 Å². The van der Waals surface area contributed by atoms with Crippen molar-refractivity contribution < 1.29 is 18.7 Å². The van der Waals surface area contributed by atoms with Crippen LogP contribution in [0.5, 0.6) is 0 Å². The molecule has 1 heterocycles. The van der Waals surface area contributed by atoms with Gasteiger partial charge in [0.15, 0.2) is 5.82 Å². The third-order valence-corrected chi connectivity index (χ3v) is 3.60. The first-order valence-corrected chi connectivity index (χ1v) is 6.61. The summed E-state index contributed by atoms with van der Waals surface area (Å²) in [6, 6.07) is 1.01. The van der Waals surface area contributed by atoms with Crippen molar-refractivity contribution >= 4 is 11.9 Å². The molecule has 108 valence electrons. The van der Waals surface area contributed by atoms with Crippen LogP contribution in [0.3, 0.4) is 0 Å². The maximum Gasteiger partial charge on any atom is 0.310 e. The Morgan fingerprint density at radius 3 is 2.85 bits per heavy atom. The van der Waals surface area contributed by atoms with Crippen LogP contribution in [0, 0.1) is 11.7 Å². The standard InChI is InChI=1S/C14H17FN2O3/c1-20-14(19)10-4-2-3-5-12(10)17-13(18)9-6-7-16-8-11(9)15/h6-8,10,12H,2-5H2,1H3,(H,17,18). The summed E-state index contributed by atoms with van der Waals surface area (Å²) >= 11 is 0. The van der Waals surface area contributed by atoms with E-state index in [1.807, 2.05) is 0 Å². The van der Waals surface area contributed by atoms with Gasteiger partial charge >= 0.3 is 5.97 Å². The largest absolute Gasteiger partial charge is 0.469 e. The van der Waals surface area contributed by atoms with Crippen LogP contribution < -0.4 is 5.32 Å². The van der Waals surface area contributed by atoms with Crippen molar-refractivity contribution in [2.75, 3.05) is 7.11 Å². The molecule has 1 fully saturated rings. The molecule has 0 saturated heterocycles. The zero-order valence-electron chi connectivity index (χ0n) is 11.3. The maximum atomic E-state index is 13.5. The molecule has 1 amide bonds. The number of halogens is 1. The van der Waals surface area contributed by atoms with Crippen molar-refractivity contribution in [2.45, 2.75) is 31.7 Å². The Balaban J connectivity index is 2.09. The molecule has 2 unspecified atom stereocenters. The Labute approximate surface area is 116 Å². The molecule has 1 aromatic rings. The molecule has 5 nitrogen and oxygen atoms in total. The van der Waals surface area contributed by atoms with Gasteiger partial charge in [0.1, 0.15) is 0 Å². The average molecular weight is 280 g/mol. The average Bonchev–Trinajstić information content (AvgIpc) is 2.47. The Morgan fingerprint density at radius 2 is 2.15 bits per heavy atom. The van der Waals surface area contributed by atoms with E-state index < -0.39 is 11.7 Å². The predicted molar refractivity (Wildman–Crippen MR) is 69.4 cm³/mol. The fourth-order valence-electron chi connectivity index (χ4n) is 2.54. The van der Waals surface area contributed by atoms with Crippen LogP contribution in [0.2, 0.25) is 0 Å². The minimum Gasteiger partial charge on any atom is -0.469 e. The first kappa shape index (κ1) is 14.4. The van der Waals surface area contributed by atoms with Gasteiger partial charge in [0, 0.05) is 12.2 Å². The highest BCUT2D eigenvalue weighted by atomic mass is 19.1. The Bertz CT molecular complexity index is 507. The van der Waals surface area contributed by atoms with Gasteiger partial charge in [0.2, 0.25) is 0 Å². The van der Waals surface area contributed by atoms with Crippen molar-refractivity contribution in [3.8, 4) is 0 Å².